The van der Waals surface area contributed by atoms with E-state index in [0.717, 1.165) is 0 Å². The summed E-state index contributed by atoms with van der Waals surface area (Å²) in [5, 5.41) is 0. The molecule has 0 unspecified atom stereocenters. The van der Waals surface area contributed by atoms with E-state index in [1.807, 2.05) is 0 Å². The maximum atomic E-state index is 12.7. The Morgan fingerprint density at radius 1 is 1.53 bits per heavy atom. The van der Waals surface area contributed by atoms with Gasteiger partial charge in [-0.1, -0.05) is 11.7 Å². The van der Waals surface area contributed by atoms with Crippen LogP contribution in [0, 0.1) is 5.82 Å². The normalized spacial score (nSPS) is 9.73. The van der Waals surface area contributed by atoms with Crippen LogP contribution in [0.2, 0.25) is 0 Å². The van der Waals surface area contributed by atoms with Crippen LogP contribution in [0.15, 0.2) is 24.3 Å². The minimum absolute atomic E-state index is 0.0285. The molecule has 0 bridgehead atoms. The molecule has 82 valence electrons. The van der Waals surface area contributed by atoms with Gasteiger partial charge in [-0.3, -0.25) is 4.79 Å². The van der Waals surface area contributed by atoms with Gasteiger partial charge in [0.2, 0.25) is 0 Å². The second-order valence-corrected chi connectivity index (χ2v) is 2.65. The Morgan fingerprint density at radius 2 is 2.33 bits per heavy atom. The molecule has 0 heterocycles. The molecule has 0 saturated carbocycles. The first-order valence-electron chi connectivity index (χ1n) is 4.26. The molecule has 0 radical (unpaired) electrons. The molecule has 0 aliphatic rings. The number of nitrogens with one attached hydrogen (secondary N) is 1. The van der Waals surface area contributed by atoms with Crippen molar-refractivity contribution in [3.8, 4) is 5.75 Å². The highest BCUT2D eigenvalue weighted by molar-refractivity contribution is 5.69. The summed E-state index contributed by atoms with van der Waals surface area (Å²) in [6.07, 6.45) is 0.0285. The van der Waals surface area contributed by atoms with Gasteiger partial charge in [-0.25, -0.2) is 10.2 Å². The number of benzene rings is 1. The lowest BCUT2D eigenvalue weighted by Crippen LogP contribution is -2.26. The molecule has 6 heteroatoms. The highest BCUT2D eigenvalue weighted by atomic mass is 19.1. The number of hydrogen-bond acceptors (Lipinski definition) is 5. The first-order valence-corrected chi connectivity index (χ1v) is 4.26. The molecule has 0 aromatic heterocycles. The van der Waals surface area contributed by atoms with Crippen molar-refractivity contribution in [1.29, 1.82) is 0 Å². The fraction of sp³-hybridized carbons (Fsp3) is 0.222. The molecule has 5 nitrogen and oxygen atoms in total. The standard InChI is InChI=1S/C9H11FN2O3/c10-7-2-1-3-8(6-7)14-5-4-9(13)15-12-11/h1-3,6,12H,4-5,11H2. The van der Waals surface area contributed by atoms with Gasteiger partial charge in [0.05, 0.1) is 13.0 Å². The third kappa shape index (κ3) is 4.39. The summed E-state index contributed by atoms with van der Waals surface area (Å²) >= 11 is 0. The van der Waals surface area contributed by atoms with E-state index in [2.05, 4.69) is 4.84 Å². The van der Waals surface area contributed by atoms with Crippen molar-refractivity contribution in [2.75, 3.05) is 6.61 Å². The molecule has 0 amide bonds. The van der Waals surface area contributed by atoms with Crippen molar-refractivity contribution in [3.05, 3.63) is 30.1 Å². The number of rotatable bonds is 5. The van der Waals surface area contributed by atoms with Crippen LogP contribution in [0.1, 0.15) is 6.42 Å². The van der Waals surface area contributed by atoms with Crippen LogP contribution >= 0.6 is 0 Å². The highest BCUT2D eigenvalue weighted by Gasteiger charge is 2.02. The van der Waals surface area contributed by atoms with Crippen molar-refractivity contribution < 1.29 is 18.8 Å². The van der Waals surface area contributed by atoms with E-state index >= 15 is 0 Å². The molecule has 3 N–H and O–H groups in total. The maximum absolute atomic E-state index is 12.7. The Kier molecular flexibility index (Phi) is 4.52. The van der Waals surface area contributed by atoms with Crippen molar-refractivity contribution in [3.63, 3.8) is 0 Å². The largest absolute Gasteiger partial charge is 0.493 e. The molecular formula is C9H11FN2O3. The van der Waals surface area contributed by atoms with Gasteiger partial charge in [0.1, 0.15) is 11.6 Å². The summed E-state index contributed by atoms with van der Waals surface area (Å²) in [5.41, 5.74) is 1.76. The first kappa shape index (κ1) is 11.4. The zero-order valence-corrected chi connectivity index (χ0v) is 7.90. The number of hydrazine groups is 1. The molecular weight excluding hydrogens is 203 g/mol. The first-order chi connectivity index (χ1) is 7.22. The van der Waals surface area contributed by atoms with Crippen LogP contribution in [0.5, 0.6) is 5.75 Å². The summed E-state index contributed by atoms with van der Waals surface area (Å²) in [6, 6.07) is 5.64. The molecule has 0 saturated heterocycles. The van der Waals surface area contributed by atoms with E-state index < -0.39 is 11.8 Å². The maximum Gasteiger partial charge on any atom is 0.329 e. The van der Waals surface area contributed by atoms with Crippen LogP contribution in [0.4, 0.5) is 4.39 Å². The van der Waals surface area contributed by atoms with Crippen molar-refractivity contribution in [2.45, 2.75) is 6.42 Å². The van der Waals surface area contributed by atoms with E-state index in [1.165, 1.54) is 18.2 Å². The van der Waals surface area contributed by atoms with Gasteiger partial charge in [-0.05, 0) is 12.1 Å². The smallest absolute Gasteiger partial charge is 0.329 e. The van der Waals surface area contributed by atoms with Crippen LogP contribution in [-0.2, 0) is 9.63 Å². The fourth-order valence-electron chi connectivity index (χ4n) is 0.926. The minimum Gasteiger partial charge on any atom is -0.493 e. The van der Waals surface area contributed by atoms with Gasteiger partial charge in [0.25, 0.3) is 0 Å². The minimum atomic E-state index is -0.547. The van der Waals surface area contributed by atoms with E-state index in [9.17, 15) is 9.18 Å². The molecule has 1 rings (SSSR count). The average molecular weight is 214 g/mol. The number of carbonyl (C=O) groups is 1. The molecule has 1 aromatic rings. The van der Waals surface area contributed by atoms with Crippen molar-refractivity contribution in [2.24, 2.45) is 5.84 Å². The number of hydrogen-bond donors (Lipinski definition) is 2. The fourth-order valence-corrected chi connectivity index (χ4v) is 0.926. The molecule has 15 heavy (non-hydrogen) atoms. The second kappa shape index (κ2) is 5.94. The third-order valence-corrected chi connectivity index (χ3v) is 1.54. The number of carbonyl (C=O) groups excluding carboxylic acids is 1. The van der Waals surface area contributed by atoms with E-state index in [0.29, 0.717) is 5.75 Å². The average Bonchev–Trinajstić information content (AvgIpc) is 2.18. The molecule has 0 spiro atoms. The Hall–Kier alpha value is -1.66. The van der Waals surface area contributed by atoms with Crippen LogP contribution in [-0.4, -0.2) is 12.6 Å². The summed E-state index contributed by atoms with van der Waals surface area (Å²) in [4.78, 5) is 15.0. The van der Waals surface area contributed by atoms with Crippen LogP contribution in [0.25, 0.3) is 0 Å². The molecule has 0 fully saturated rings. The number of nitrogens with two attached hydrogens (primary N) is 1. The molecule has 0 aliphatic carbocycles. The summed E-state index contributed by atoms with van der Waals surface area (Å²) in [6.45, 7) is 0.101. The van der Waals surface area contributed by atoms with Gasteiger partial charge in [0, 0.05) is 6.07 Å². The second-order valence-electron chi connectivity index (χ2n) is 2.65. The predicted octanol–water partition coefficient (Wildman–Crippen LogP) is 0.516. The zero-order chi connectivity index (χ0) is 11.1. The SMILES string of the molecule is NNOC(=O)CCOc1cccc(F)c1. The molecule has 0 atom stereocenters. The Balaban J connectivity index is 2.28. The van der Waals surface area contributed by atoms with E-state index in [-0.39, 0.29) is 13.0 Å². The third-order valence-electron chi connectivity index (χ3n) is 1.54. The van der Waals surface area contributed by atoms with Gasteiger partial charge in [0.15, 0.2) is 0 Å². The number of halogens is 1. The Bertz CT molecular complexity index is 333. The van der Waals surface area contributed by atoms with Gasteiger partial charge in [-0.2, -0.15) is 0 Å². The Labute approximate surface area is 85.9 Å². The predicted molar refractivity (Wildman–Crippen MR) is 49.9 cm³/mol. The van der Waals surface area contributed by atoms with Crippen LogP contribution in [0.3, 0.4) is 0 Å². The topological polar surface area (TPSA) is 73.6 Å². The lowest BCUT2D eigenvalue weighted by molar-refractivity contribution is -0.151. The summed E-state index contributed by atoms with van der Waals surface area (Å²) in [7, 11) is 0. The van der Waals surface area contributed by atoms with Crippen molar-refractivity contribution in [1.82, 2.24) is 5.59 Å². The lowest BCUT2D eigenvalue weighted by atomic mass is 10.3. The van der Waals surface area contributed by atoms with Crippen molar-refractivity contribution >= 4 is 5.97 Å². The molecule has 1 aromatic carbocycles. The zero-order valence-electron chi connectivity index (χ0n) is 7.90. The summed E-state index contributed by atoms with van der Waals surface area (Å²) in [5.74, 6) is 4.18. The van der Waals surface area contributed by atoms with Gasteiger partial charge in [-0.15, -0.1) is 0 Å². The van der Waals surface area contributed by atoms with E-state index in [1.54, 1.807) is 11.7 Å². The Morgan fingerprint density at radius 3 is 3.00 bits per heavy atom. The van der Waals surface area contributed by atoms with Crippen LogP contribution < -0.4 is 16.2 Å². The number of ether oxygens (including phenoxy) is 1. The monoisotopic (exact) mass is 214 g/mol. The van der Waals surface area contributed by atoms with Gasteiger partial charge < -0.3 is 9.57 Å². The quantitative estimate of drug-likeness (QED) is 0.552. The van der Waals surface area contributed by atoms with E-state index in [4.69, 9.17) is 10.6 Å². The molecule has 0 aliphatic heterocycles. The van der Waals surface area contributed by atoms with Gasteiger partial charge >= 0.3 is 5.97 Å². The lowest BCUT2D eigenvalue weighted by Gasteiger charge is -2.05. The summed E-state index contributed by atoms with van der Waals surface area (Å²) < 4.78 is 17.8. The highest BCUT2D eigenvalue weighted by Crippen LogP contribution is 2.11.